The Morgan fingerprint density at radius 1 is 1.06 bits per heavy atom. The van der Waals surface area contributed by atoms with Gasteiger partial charge in [-0.2, -0.15) is 9.48 Å². The van der Waals surface area contributed by atoms with Crippen molar-refractivity contribution in [3.05, 3.63) is 111 Å². The lowest BCUT2D eigenvalue weighted by Crippen LogP contribution is -2.37. The monoisotopic (exact) mass is 713 g/mol. The van der Waals surface area contributed by atoms with E-state index in [0.29, 0.717) is 11.6 Å². The van der Waals surface area contributed by atoms with Gasteiger partial charge in [0.1, 0.15) is 42.4 Å². The molecular weight excluding hydrogens is 676 g/mol. The molecule has 1 fully saturated rings. The lowest BCUT2D eigenvalue weighted by Gasteiger charge is -2.26. The summed E-state index contributed by atoms with van der Waals surface area (Å²) in [6.07, 6.45) is -4.24. The minimum atomic E-state index is -4.49. The van der Waals surface area contributed by atoms with E-state index in [-0.39, 0.29) is 18.8 Å². The topological polar surface area (TPSA) is 173 Å². The maximum Gasteiger partial charge on any atom is 0.509 e. The molecule has 1 aliphatic heterocycles. The van der Waals surface area contributed by atoms with E-state index < -0.39 is 73.6 Å². The molecule has 1 saturated heterocycles. The molecule has 5 rings (SSSR count). The molecule has 4 aromatic rings. The van der Waals surface area contributed by atoms with Crippen LogP contribution in [0.15, 0.2) is 88.6 Å². The second-order valence-corrected chi connectivity index (χ2v) is 14.1. The third-order valence-electron chi connectivity index (χ3n) is 7.36. The Kier molecular flexibility index (Phi) is 11.2. The second kappa shape index (κ2) is 15.4. The van der Waals surface area contributed by atoms with Crippen molar-refractivity contribution >= 4 is 30.6 Å². The molecular formula is C34H37FN3O11P. The van der Waals surface area contributed by atoms with Crippen LogP contribution >= 0.6 is 7.75 Å². The van der Waals surface area contributed by atoms with E-state index >= 15 is 0 Å². The average molecular weight is 714 g/mol. The van der Waals surface area contributed by atoms with Gasteiger partial charge in [-0.05, 0) is 44.7 Å². The molecule has 14 nitrogen and oxygen atoms in total. The fraction of sp³-hybridized carbons (Fsp3) is 0.353. The van der Waals surface area contributed by atoms with Crippen molar-refractivity contribution in [3.8, 4) is 5.75 Å². The Morgan fingerprint density at radius 2 is 1.76 bits per heavy atom. The van der Waals surface area contributed by atoms with Crippen LogP contribution in [0.2, 0.25) is 0 Å². The first-order valence-corrected chi connectivity index (χ1v) is 17.2. The lowest BCUT2D eigenvalue weighted by atomic mass is 10.1. The molecule has 1 aromatic heterocycles. The van der Waals surface area contributed by atoms with Crippen molar-refractivity contribution in [1.82, 2.24) is 14.6 Å². The van der Waals surface area contributed by atoms with Crippen molar-refractivity contribution in [1.29, 1.82) is 0 Å². The zero-order valence-corrected chi connectivity index (χ0v) is 28.6. The highest BCUT2D eigenvalue weighted by Crippen LogP contribution is 2.47. The first-order valence-electron chi connectivity index (χ1n) is 15.7. The largest absolute Gasteiger partial charge is 0.509 e. The molecule has 0 saturated carbocycles. The molecule has 16 heteroatoms. The summed E-state index contributed by atoms with van der Waals surface area (Å²) in [5.74, 6) is -1.82. The molecule has 5 atom stereocenters. The molecule has 50 heavy (non-hydrogen) atoms. The van der Waals surface area contributed by atoms with Crippen LogP contribution in [0.25, 0.3) is 10.8 Å². The van der Waals surface area contributed by atoms with Crippen molar-refractivity contribution in [3.63, 3.8) is 0 Å². The van der Waals surface area contributed by atoms with E-state index in [0.717, 1.165) is 15.5 Å². The minimum absolute atomic E-state index is 0.0350. The van der Waals surface area contributed by atoms with Gasteiger partial charge in [-0.15, -0.1) is 0 Å². The Hall–Kier alpha value is -4.82. The Labute approximate surface area is 286 Å². The van der Waals surface area contributed by atoms with Gasteiger partial charge in [-0.3, -0.25) is 23.7 Å². The van der Waals surface area contributed by atoms with Crippen molar-refractivity contribution in [2.24, 2.45) is 0 Å². The van der Waals surface area contributed by atoms with Gasteiger partial charge in [-0.25, -0.2) is 14.2 Å². The molecule has 266 valence electrons. The first kappa shape index (κ1) is 36.5. The third kappa shape index (κ3) is 9.45. The number of ether oxygens (including phenoxy) is 4. The quantitative estimate of drug-likeness (QED) is 0.142. The van der Waals surface area contributed by atoms with Crippen LogP contribution in [-0.2, 0) is 39.4 Å². The molecule has 0 amide bonds. The van der Waals surface area contributed by atoms with Crippen LogP contribution in [0.1, 0.15) is 45.9 Å². The number of halogens is 1. The number of carbonyl (C=O) groups excluding carboxylic acids is 2. The minimum Gasteiger partial charge on any atom is -0.460 e. The number of nitrogens with zero attached hydrogens (tertiary/aromatic N) is 1. The molecule has 0 spiro atoms. The number of benzene rings is 3. The number of fused-ring (bicyclic) bond motifs is 1. The molecule has 1 aliphatic rings. The van der Waals surface area contributed by atoms with Gasteiger partial charge in [0.2, 0.25) is 5.82 Å². The van der Waals surface area contributed by atoms with Gasteiger partial charge < -0.3 is 23.5 Å². The predicted molar refractivity (Wildman–Crippen MR) is 178 cm³/mol. The van der Waals surface area contributed by atoms with E-state index in [1.54, 1.807) is 69.3 Å². The zero-order chi connectivity index (χ0) is 36.1. The summed E-state index contributed by atoms with van der Waals surface area (Å²) in [6, 6.07) is 20.0. The smallest absolute Gasteiger partial charge is 0.460 e. The SMILES string of the molecule is C[C@H](NP(=O)(OC[C@H]1O[C@@H](n2cc(F)c(=O)[nH]c2=O)C[C@H]1OC(=O)OC(C)(C)C)Oc1cccc2ccccc12)C(=O)OCc1ccccc1. The lowest BCUT2D eigenvalue weighted by molar-refractivity contribution is -0.146. The van der Waals surface area contributed by atoms with Gasteiger partial charge in [0.15, 0.2) is 0 Å². The van der Waals surface area contributed by atoms with Crippen molar-refractivity contribution in [2.45, 2.75) is 70.8 Å². The molecule has 2 N–H and O–H groups in total. The summed E-state index contributed by atoms with van der Waals surface area (Å²) < 4.78 is 63.4. The summed E-state index contributed by atoms with van der Waals surface area (Å²) in [4.78, 5) is 51.7. The number of hydrogen-bond acceptors (Lipinski definition) is 11. The van der Waals surface area contributed by atoms with E-state index in [2.05, 4.69) is 5.09 Å². The number of carbonyl (C=O) groups is 2. The number of aromatic amines is 1. The summed E-state index contributed by atoms with van der Waals surface area (Å²) in [7, 11) is -4.49. The van der Waals surface area contributed by atoms with Gasteiger partial charge in [-0.1, -0.05) is 66.7 Å². The van der Waals surface area contributed by atoms with E-state index in [9.17, 15) is 28.1 Å². The number of hydrogen-bond donors (Lipinski definition) is 2. The molecule has 0 bridgehead atoms. The highest BCUT2D eigenvalue weighted by atomic mass is 31.2. The fourth-order valence-electron chi connectivity index (χ4n) is 5.03. The second-order valence-electron chi connectivity index (χ2n) is 12.4. The van der Waals surface area contributed by atoms with Gasteiger partial charge in [0, 0.05) is 11.8 Å². The van der Waals surface area contributed by atoms with E-state index in [1.165, 1.54) is 6.92 Å². The zero-order valence-electron chi connectivity index (χ0n) is 27.7. The molecule has 2 heterocycles. The van der Waals surface area contributed by atoms with Gasteiger partial charge in [0.05, 0.1) is 12.8 Å². The number of H-pyrrole nitrogens is 1. The summed E-state index contributed by atoms with van der Waals surface area (Å²) >= 11 is 0. The molecule has 3 aromatic carbocycles. The number of rotatable bonds is 12. The normalized spacial score (nSPS) is 19.3. The Bertz CT molecular complexity index is 1990. The van der Waals surface area contributed by atoms with Gasteiger partial charge >= 0.3 is 25.6 Å². The summed E-state index contributed by atoms with van der Waals surface area (Å²) in [5.41, 5.74) is -2.38. The number of aromatic nitrogens is 2. The molecule has 0 aliphatic carbocycles. The molecule has 0 radical (unpaired) electrons. The maximum atomic E-state index is 14.5. The van der Waals surface area contributed by atoms with Crippen LogP contribution in [0.4, 0.5) is 9.18 Å². The number of esters is 1. The Morgan fingerprint density at radius 3 is 2.50 bits per heavy atom. The van der Waals surface area contributed by atoms with Crippen molar-refractivity contribution in [2.75, 3.05) is 6.61 Å². The van der Waals surface area contributed by atoms with E-state index in [1.807, 2.05) is 29.2 Å². The van der Waals surface area contributed by atoms with Gasteiger partial charge in [0.25, 0.3) is 5.56 Å². The third-order valence-corrected chi connectivity index (χ3v) is 8.99. The summed E-state index contributed by atoms with van der Waals surface area (Å²) in [6.45, 7) is 5.69. The molecule has 1 unspecified atom stereocenters. The standard InChI is InChI=1S/C34H37FN3O11P/c1-21(31(40)44-19-22-11-6-5-7-12-22)37-50(43,49-26-16-10-14-23-13-8-9-15-24(23)26)45-20-28-27(47-33(42)48-34(2,3)4)17-29(46-28)38-18-25(35)30(39)36-32(38)41/h5-16,18,21,27-29H,17,19-20H2,1-4H3,(H,37,43)(H,36,39,41)/t21-,27+,28+,29+,50?/m0/s1. The van der Waals surface area contributed by atoms with Crippen LogP contribution in [0.3, 0.4) is 0 Å². The fourth-order valence-corrected chi connectivity index (χ4v) is 6.55. The first-order chi connectivity index (χ1) is 23.7. The predicted octanol–water partition coefficient (Wildman–Crippen LogP) is 5.36. The summed E-state index contributed by atoms with van der Waals surface area (Å²) in [5, 5.41) is 4.00. The number of nitrogens with one attached hydrogen (secondary N) is 2. The maximum absolute atomic E-state index is 14.5. The van der Waals surface area contributed by atoms with Crippen LogP contribution in [0, 0.1) is 5.82 Å². The van der Waals surface area contributed by atoms with E-state index in [4.69, 9.17) is 28.0 Å². The van der Waals surface area contributed by atoms with Crippen LogP contribution < -0.4 is 20.9 Å². The van der Waals surface area contributed by atoms with Crippen LogP contribution in [-0.4, -0.2) is 52.1 Å². The highest BCUT2D eigenvalue weighted by Gasteiger charge is 2.43. The van der Waals surface area contributed by atoms with Crippen LogP contribution in [0.5, 0.6) is 5.75 Å². The Balaban J connectivity index is 1.40. The van der Waals surface area contributed by atoms with Crippen molar-refractivity contribution < 1.29 is 46.5 Å². The average Bonchev–Trinajstić information content (AvgIpc) is 3.46. The highest BCUT2D eigenvalue weighted by molar-refractivity contribution is 7.52.